The zero-order valence-corrected chi connectivity index (χ0v) is 8.28. The van der Waals surface area contributed by atoms with Crippen molar-refractivity contribution in [1.29, 1.82) is 0 Å². The van der Waals surface area contributed by atoms with Crippen molar-refractivity contribution in [2.75, 3.05) is 13.6 Å². The number of nitrogens with one attached hydrogen (secondary N) is 1. The monoisotopic (exact) mass is 221 g/mol. The first-order valence-corrected chi connectivity index (χ1v) is 4.41. The molecule has 0 fully saturated rings. The predicted octanol–water partition coefficient (Wildman–Crippen LogP) is 1.87. The smallest absolute Gasteiger partial charge is 0.144 e. The van der Waals surface area contributed by atoms with E-state index in [1.807, 2.05) is 0 Å². The SMILES string of the molecule is CNCC(O)c1cc(Cl)c(F)cc1F. The van der Waals surface area contributed by atoms with Gasteiger partial charge < -0.3 is 10.4 Å². The van der Waals surface area contributed by atoms with Gasteiger partial charge in [-0.1, -0.05) is 11.6 Å². The zero-order valence-electron chi connectivity index (χ0n) is 7.52. The van der Waals surface area contributed by atoms with Gasteiger partial charge in [-0.25, -0.2) is 8.78 Å². The lowest BCUT2D eigenvalue weighted by Crippen LogP contribution is -2.17. The lowest BCUT2D eigenvalue weighted by molar-refractivity contribution is 0.173. The number of rotatable bonds is 3. The molecule has 0 heterocycles. The van der Waals surface area contributed by atoms with E-state index in [0.717, 1.165) is 6.07 Å². The molecular formula is C9H10ClF2NO. The van der Waals surface area contributed by atoms with E-state index in [2.05, 4.69) is 5.32 Å². The summed E-state index contributed by atoms with van der Waals surface area (Å²) in [7, 11) is 1.62. The molecule has 1 unspecified atom stereocenters. The van der Waals surface area contributed by atoms with Crippen molar-refractivity contribution in [3.05, 3.63) is 34.4 Å². The van der Waals surface area contributed by atoms with Crippen LogP contribution in [0, 0.1) is 11.6 Å². The average molecular weight is 222 g/mol. The Labute approximate surface area is 85.5 Å². The topological polar surface area (TPSA) is 32.3 Å². The van der Waals surface area contributed by atoms with Crippen molar-refractivity contribution >= 4 is 11.6 Å². The maximum absolute atomic E-state index is 13.1. The first-order valence-electron chi connectivity index (χ1n) is 4.03. The molecule has 1 aromatic rings. The van der Waals surface area contributed by atoms with Crippen molar-refractivity contribution in [2.45, 2.75) is 6.10 Å². The normalized spacial score (nSPS) is 12.9. The van der Waals surface area contributed by atoms with E-state index in [0.29, 0.717) is 6.07 Å². The third-order valence-corrected chi connectivity index (χ3v) is 2.09. The van der Waals surface area contributed by atoms with Gasteiger partial charge in [0.1, 0.15) is 11.6 Å². The van der Waals surface area contributed by atoms with Gasteiger partial charge >= 0.3 is 0 Å². The Morgan fingerprint density at radius 3 is 2.64 bits per heavy atom. The molecule has 0 radical (unpaired) electrons. The number of halogens is 3. The molecule has 0 saturated carbocycles. The molecule has 0 spiro atoms. The molecule has 0 saturated heterocycles. The van der Waals surface area contributed by atoms with Crippen LogP contribution in [0.15, 0.2) is 12.1 Å². The maximum atomic E-state index is 13.1. The van der Waals surface area contributed by atoms with E-state index in [1.165, 1.54) is 0 Å². The second-order valence-electron chi connectivity index (χ2n) is 2.86. The summed E-state index contributed by atoms with van der Waals surface area (Å²) in [5, 5.41) is 11.9. The van der Waals surface area contributed by atoms with Gasteiger partial charge in [0.15, 0.2) is 0 Å². The van der Waals surface area contributed by atoms with E-state index in [1.54, 1.807) is 7.05 Å². The summed E-state index contributed by atoms with van der Waals surface area (Å²) < 4.78 is 25.9. The fraction of sp³-hybridized carbons (Fsp3) is 0.333. The van der Waals surface area contributed by atoms with E-state index in [9.17, 15) is 13.9 Å². The zero-order chi connectivity index (χ0) is 10.7. The van der Waals surface area contributed by atoms with E-state index in [4.69, 9.17) is 11.6 Å². The minimum atomic E-state index is -1.03. The van der Waals surface area contributed by atoms with Crippen LogP contribution in [0.25, 0.3) is 0 Å². The van der Waals surface area contributed by atoms with Gasteiger partial charge in [-0.05, 0) is 13.1 Å². The Hall–Kier alpha value is -0.710. The minimum absolute atomic E-state index is 0.00856. The summed E-state index contributed by atoms with van der Waals surface area (Å²) in [6.45, 7) is 0.179. The lowest BCUT2D eigenvalue weighted by Gasteiger charge is -2.11. The number of aliphatic hydroxyl groups excluding tert-OH is 1. The molecule has 0 aliphatic rings. The number of hydrogen-bond donors (Lipinski definition) is 2. The second-order valence-corrected chi connectivity index (χ2v) is 3.27. The molecule has 1 rings (SSSR count). The van der Waals surface area contributed by atoms with Crippen molar-refractivity contribution < 1.29 is 13.9 Å². The molecule has 0 aliphatic heterocycles. The van der Waals surface area contributed by atoms with Gasteiger partial charge in [-0.15, -0.1) is 0 Å². The highest BCUT2D eigenvalue weighted by atomic mass is 35.5. The van der Waals surface area contributed by atoms with Gasteiger partial charge in [0.05, 0.1) is 11.1 Å². The summed E-state index contributed by atoms with van der Waals surface area (Å²) in [5.41, 5.74) is -0.00856. The molecule has 2 N–H and O–H groups in total. The number of hydrogen-bond acceptors (Lipinski definition) is 2. The molecule has 1 atom stereocenters. The van der Waals surface area contributed by atoms with Gasteiger partial charge in [0.25, 0.3) is 0 Å². The molecule has 2 nitrogen and oxygen atoms in total. The fourth-order valence-corrected chi connectivity index (χ4v) is 1.27. The standard InChI is InChI=1S/C9H10ClF2NO/c1-13-4-9(14)5-2-6(10)8(12)3-7(5)11/h2-3,9,13-14H,4H2,1H3. The quantitative estimate of drug-likeness (QED) is 0.764. The van der Waals surface area contributed by atoms with Gasteiger partial charge in [-0.3, -0.25) is 0 Å². The Kier molecular flexibility index (Phi) is 3.80. The maximum Gasteiger partial charge on any atom is 0.144 e. The molecule has 14 heavy (non-hydrogen) atoms. The van der Waals surface area contributed by atoms with Crippen molar-refractivity contribution in [2.24, 2.45) is 0 Å². The van der Waals surface area contributed by atoms with Crippen molar-refractivity contribution in [3.63, 3.8) is 0 Å². The number of benzene rings is 1. The molecular weight excluding hydrogens is 212 g/mol. The van der Waals surface area contributed by atoms with Crippen LogP contribution in [0.2, 0.25) is 5.02 Å². The van der Waals surface area contributed by atoms with Gasteiger partial charge in [-0.2, -0.15) is 0 Å². The number of aliphatic hydroxyl groups is 1. The predicted molar refractivity (Wildman–Crippen MR) is 50.3 cm³/mol. The molecule has 0 amide bonds. The first kappa shape index (κ1) is 11.4. The Morgan fingerprint density at radius 2 is 2.07 bits per heavy atom. The van der Waals surface area contributed by atoms with Crippen LogP contribution in [0.5, 0.6) is 0 Å². The van der Waals surface area contributed by atoms with Crippen LogP contribution in [-0.2, 0) is 0 Å². The van der Waals surface area contributed by atoms with Crippen LogP contribution in [-0.4, -0.2) is 18.7 Å². The summed E-state index contributed by atoms with van der Waals surface area (Å²) in [4.78, 5) is 0. The fourth-order valence-electron chi connectivity index (χ4n) is 1.10. The highest BCUT2D eigenvalue weighted by Crippen LogP contribution is 2.23. The summed E-state index contributed by atoms with van der Waals surface area (Å²) >= 11 is 5.46. The average Bonchev–Trinajstić information content (AvgIpc) is 2.11. The van der Waals surface area contributed by atoms with Crippen LogP contribution in [0.4, 0.5) is 8.78 Å². The molecule has 78 valence electrons. The molecule has 0 bridgehead atoms. The van der Waals surface area contributed by atoms with Crippen LogP contribution >= 0.6 is 11.6 Å². The molecule has 0 aliphatic carbocycles. The summed E-state index contributed by atoms with van der Waals surface area (Å²) in [6, 6.07) is 1.75. The third-order valence-electron chi connectivity index (χ3n) is 1.80. The highest BCUT2D eigenvalue weighted by Gasteiger charge is 2.15. The molecule has 5 heteroatoms. The molecule has 1 aromatic carbocycles. The summed E-state index contributed by atoms with van der Waals surface area (Å²) in [5.74, 6) is -1.63. The lowest BCUT2D eigenvalue weighted by atomic mass is 10.1. The Bertz CT molecular complexity index is 333. The van der Waals surface area contributed by atoms with Crippen LogP contribution in [0.3, 0.4) is 0 Å². The molecule has 0 aromatic heterocycles. The van der Waals surface area contributed by atoms with Gasteiger partial charge in [0.2, 0.25) is 0 Å². The third kappa shape index (κ3) is 2.41. The van der Waals surface area contributed by atoms with Crippen molar-refractivity contribution in [1.82, 2.24) is 5.32 Å². The Balaban J connectivity index is 3.02. The van der Waals surface area contributed by atoms with Crippen LogP contribution in [0.1, 0.15) is 11.7 Å². The van der Waals surface area contributed by atoms with E-state index in [-0.39, 0.29) is 17.1 Å². The van der Waals surface area contributed by atoms with Crippen molar-refractivity contribution in [3.8, 4) is 0 Å². The van der Waals surface area contributed by atoms with Gasteiger partial charge in [0, 0.05) is 18.2 Å². The summed E-state index contributed by atoms with van der Waals surface area (Å²) in [6.07, 6.45) is -1.03. The van der Waals surface area contributed by atoms with Crippen LogP contribution < -0.4 is 5.32 Å². The largest absolute Gasteiger partial charge is 0.387 e. The van der Waals surface area contributed by atoms with E-state index < -0.39 is 17.7 Å². The second kappa shape index (κ2) is 4.68. The minimum Gasteiger partial charge on any atom is -0.387 e. The number of likely N-dealkylation sites (N-methyl/N-ethyl adjacent to an activating group) is 1. The Morgan fingerprint density at radius 1 is 1.43 bits per heavy atom. The van der Waals surface area contributed by atoms with E-state index >= 15 is 0 Å². The highest BCUT2D eigenvalue weighted by molar-refractivity contribution is 6.30. The first-order chi connectivity index (χ1) is 6.56.